The summed E-state index contributed by atoms with van der Waals surface area (Å²) in [6.07, 6.45) is 7.13. The van der Waals surface area contributed by atoms with Gasteiger partial charge in [-0.3, -0.25) is 9.78 Å². The standard InChI is InChI=1S/C16H22N4O2/c21-15(18-11-12-2-1-7-17-10-12)13-5-8-20(9-6-13)16(22)19-14-3-4-14/h1-2,7,10,13-14H,3-6,8-9,11H2,(H,18,21)(H,19,22). The van der Waals surface area contributed by atoms with Crippen LogP contribution >= 0.6 is 0 Å². The Balaban J connectivity index is 1.40. The van der Waals surface area contributed by atoms with E-state index in [1.807, 2.05) is 17.0 Å². The number of hydrogen-bond acceptors (Lipinski definition) is 3. The zero-order valence-corrected chi connectivity index (χ0v) is 12.6. The Morgan fingerprint density at radius 2 is 2.00 bits per heavy atom. The van der Waals surface area contributed by atoms with Crippen LogP contribution in [0.2, 0.25) is 0 Å². The summed E-state index contributed by atoms with van der Waals surface area (Å²) in [5, 5.41) is 5.95. The predicted octanol–water partition coefficient (Wildman–Crippen LogP) is 1.28. The maximum absolute atomic E-state index is 12.2. The van der Waals surface area contributed by atoms with Crippen molar-refractivity contribution in [3.8, 4) is 0 Å². The highest BCUT2D eigenvalue weighted by Crippen LogP contribution is 2.21. The van der Waals surface area contributed by atoms with E-state index in [1.54, 1.807) is 12.4 Å². The van der Waals surface area contributed by atoms with E-state index in [0.29, 0.717) is 25.7 Å². The number of pyridine rings is 1. The van der Waals surface area contributed by atoms with Gasteiger partial charge in [0.25, 0.3) is 0 Å². The van der Waals surface area contributed by atoms with Crippen LogP contribution in [0.25, 0.3) is 0 Å². The van der Waals surface area contributed by atoms with E-state index >= 15 is 0 Å². The predicted molar refractivity (Wildman–Crippen MR) is 81.9 cm³/mol. The van der Waals surface area contributed by atoms with Crippen molar-refractivity contribution in [3.05, 3.63) is 30.1 Å². The first kappa shape index (κ1) is 14.8. The quantitative estimate of drug-likeness (QED) is 0.880. The highest BCUT2D eigenvalue weighted by Gasteiger charge is 2.30. The van der Waals surface area contributed by atoms with Crippen LogP contribution in [0.15, 0.2) is 24.5 Å². The highest BCUT2D eigenvalue weighted by molar-refractivity contribution is 5.79. The van der Waals surface area contributed by atoms with Crippen LogP contribution < -0.4 is 10.6 Å². The van der Waals surface area contributed by atoms with Crippen LogP contribution in [-0.2, 0) is 11.3 Å². The zero-order chi connectivity index (χ0) is 15.4. The summed E-state index contributed by atoms with van der Waals surface area (Å²) in [7, 11) is 0. The molecule has 2 heterocycles. The summed E-state index contributed by atoms with van der Waals surface area (Å²) in [6, 6.07) is 4.21. The number of likely N-dealkylation sites (tertiary alicyclic amines) is 1. The Bertz CT molecular complexity index is 522. The van der Waals surface area contributed by atoms with E-state index in [0.717, 1.165) is 31.2 Å². The van der Waals surface area contributed by atoms with Crippen molar-refractivity contribution in [2.75, 3.05) is 13.1 Å². The van der Waals surface area contributed by atoms with Crippen LogP contribution in [0.5, 0.6) is 0 Å². The lowest BCUT2D eigenvalue weighted by atomic mass is 9.96. The zero-order valence-electron chi connectivity index (χ0n) is 12.6. The van der Waals surface area contributed by atoms with Crippen LogP contribution in [0.4, 0.5) is 4.79 Å². The van der Waals surface area contributed by atoms with E-state index in [-0.39, 0.29) is 17.9 Å². The van der Waals surface area contributed by atoms with Crippen molar-refractivity contribution in [2.45, 2.75) is 38.3 Å². The molecule has 0 unspecified atom stereocenters. The normalized spacial score (nSPS) is 18.8. The third kappa shape index (κ3) is 3.96. The molecule has 2 N–H and O–H groups in total. The number of amides is 3. The van der Waals surface area contributed by atoms with Gasteiger partial charge >= 0.3 is 6.03 Å². The van der Waals surface area contributed by atoms with E-state index in [1.165, 1.54) is 0 Å². The first-order chi connectivity index (χ1) is 10.7. The number of urea groups is 1. The van der Waals surface area contributed by atoms with Gasteiger partial charge in [-0.25, -0.2) is 4.79 Å². The van der Waals surface area contributed by atoms with Gasteiger partial charge in [0.15, 0.2) is 0 Å². The Morgan fingerprint density at radius 1 is 1.23 bits per heavy atom. The lowest BCUT2D eigenvalue weighted by Crippen LogP contribution is -2.47. The first-order valence-corrected chi connectivity index (χ1v) is 7.94. The number of piperidine rings is 1. The maximum Gasteiger partial charge on any atom is 0.317 e. The summed E-state index contributed by atoms with van der Waals surface area (Å²) >= 11 is 0. The van der Waals surface area contributed by atoms with Crippen molar-refractivity contribution in [1.82, 2.24) is 20.5 Å². The molecule has 0 spiro atoms. The third-order valence-electron chi connectivity index (χ3n) is 4.25. The van der Waals surface area contributed by atoms with Gasteiger partial charge in [-0.2, -0.15) is 0 Å². The number of hydrogen-bond donors (Lipinski definition) is 2. The molecule has 22 heavy (non-hydrogen) atoms. The lowest BCUT2D eigenvalue weighted by molar-refractivity contribution is -0.126. The molecule has 0 bridgehead atoms. The molecule has 1 aromatic rings. The van der Waals surface area contributed by atoms with Crippen LogP contribution in [0, 0.1) is 5.92 Å². The van der Waals surface area contributed by atoms with Crippen molar-refractivity contribution in [3.63, 3.8) is 0 Å². The Labute approximate surface area is 130 Å². The van der Waals surface area contributed by atoms with E-state index in [9.17, 15) is 9.59 Å². The average Bonchev–Trinajstić information content (AvgIpc) is 3.37. The largest absolute Gasteiger partial charge is 0.352 e. The summed E-state index contributed by atoms with van der Waals surface area (Å²) in [6.45, 7) is 1.82. The molecule has 1 aliphatic carbocycles. The SMILES string of the molecule is O=C(NCc1cccnc1)C1CCN(C(=O)NC2CC2)CC1. The molecular weight excluding hydrogens is 280 g/mol. The second-order valence-corrected chi connectivity index (χ2v) is 6.06. The van der Waals surface area contributed by atoms with Gasteiger partial charge < -0.3 is 15.5 Å². The molecular formula is C16H22N4O2. The summed E-state index contributed by atoms with van der Waals surface area (Å²) < 4.78 is 0. The highest BCUT2D eigenvalue weighted by atomic mass is 16.2. The molecule has 6 nitrogen and oxygen atoms in total. The fraction of sp³-hybridized carbons (Fsp3) is 0.562. The number of nitrogens with zero attached hydrogens (tertiary/aromatic N) is 2. The second-order valence-electron chi connectivity index (χ2n) is 6.06. The van der Waals surface area contributed by atoms with Crippen molar-refractivity contribution in [1.29, 1.82) is 0 Å². The molecule has 3 rings (SSSR count). The molecule has 2 aliphatic rings. The van der Waals surface area contributed by atoms with E-state index in [2.05, 4.69) is 15.6 Å². The molecule has 0 radical (unpaired) electrons. The third-order valence-corrected chi connectivity index (χ3v) is 4.25. The fourth-order valence-electron chi connectivity index (χ4n) is 2.67. The van der Waals surface area contributed by atoms with Crippen molar-refractivity contribution >= 4 is 11.9 Å². The van der Waals surface area contributed by atoms with Crippen LogP contribution in [-0.4, -0.2) is 41.0 Å². The Hall–Kier alpha value is -2.11. The number of rotatable bonds is 4. The minimum absolute atomic E-state index is 0.00152. The number of nitrogens with one attached hydrogen (secondary N) is 2. The molecule has 1 aromatic heterocycles. The summed E-state index contributed by atoms with van der Waals surface area (Å²) in [5.41, 5.74) is 0.997. The summed E-state index contributed by atoms with van der Waals surface area (Å²) in [5.74, 6) is 0.0766. The minimum atomic E-state index is 0.00152. The van der Waals surface area contributed by atoms with E-state index in [4.69, 9.17) is 0 Å². The van der Waals surface area contributed by atoms with Gasteiger partial charge in [0.05, 0.1) is 0 Å². The first-order valence-electron chi connectivity index (χ1n) is 7.94. The van der Waals surface area contributed by atoms with Gasteiger partial charge in [-0.15, -0.1) is 0 Å². The average molecular weight is 302 g/mol. The van der Waals surface area contributed by atoms with Gasteiger partial charge in [0.1, 0.15) is 0 Å². The van der Waals surface area contributed by atoms with Gasteiger partial charge in [-0.05, 0) is 37.3 Å². The monoisotopic (exact) mass is 302 g/mol. The molecule has 1 saturated heterocycles. The Kier molecular flexibility index (Phi) is 4.56. The maximum atomic E-state index is 12.2. The van der Waals surface area contributed by atoms with Gasteiger partial charge in [-0.1, -0.05) is 6.07 Å². The topological polar surface area (TPSA) is 74.3 Å². The smallest absolute Gasteiger partial charge is 0.317 e. The van der Waals surface area contributed by atoms with Crippen molar-refractivity contribution in [2.24, 2.45) is 5.92 Å². The molecule has 6 heteroatoms. The lowest BCUT2D eigenvalue weighted by Gasteiger charge is -2.31. The fourth-order valence-corrected chi connectivity index (χ4v) is 2.67. The molecule has 3 amide bonds. The van der Waals surface area contributed by atoms with Gasteiger partial charge in [0.2, 0.25) is 5.91 Å². The molecule has 1 saturated carbocycles. The summed E-state index contributed by atoms with van der Waals surface area (Å²) in [4.78, 5) is 30.0. The molecule has 1 aliphatic heterocycles. The van der Waals surface area contributed by atoms with Crippen molar-refractivity contribution < 1.29 is 9.59 Å². The number of carbonyl (C=O) groups excluding carboxylic acids is 2. The second kappa shape index (κ2) is 6.77. The minimum Gasteiger partial charge on any atom is -0.352 e. The molecule has 0 aromatic carbocycles. The van der Waals surface area contributed by atoms with E-state index < -0.39 is 0 Å². The van der Waals surface area contributed by atoms with Crippen LogP contribution in [0.1, 0.15) is 31.2 Å². The Morgan fingerprint density at radius 3 is 2.64 bits per heavy atom. The molecule has 118 valence electrons. The number of aromatic nitrogens is 1. The van der Waals surface area contributed by atoms with Gasteiger partial charge in [0, 0.05) is 44.0 Å². The molecule has 2 fully saturated rings. The number of carbonyl (C=O) groups is 2. The van der Waals surface area contributed by atoms with Crippen LogP contribution in [0.3, 0.4) is 0 Å². The molecule has 0 atom stereocenters.